The summed E-state index contributed by atoms with van der Waals surface area (Å²) >= 11 is 0. The number of ether oxygens (including phenoxy) is 2. The van der Waals surface area contributed by atoms with Gasteiger partial charge in [-0.15, -0.1) is 0 Å². The zero-order valence-corrected chi connectivity index (χ0v) is 20.2. The van der Waals surface area contributed by atoms with Crippen LogP contribution in [0.5, 0.6) is 5.75 Å². The maximum atomic E-state index is 12.1. The monoisotopic (exact) mass is 511 g/mol. The van der Waals surface area contributed by atoms with Crippen LogP contribution < -0.4 is 4.74 Å². The number of halogens is 3. The van der Waals surface area contributed by atoms with Crippen LogP contribution in [0.15, 0.2) is 78.9 Å². The predicted octanol–water partition coefficient (Wildman–Crippen LogP) is 6.17. The number of carbonyl (C=O) groups is 2. The molecular formula is C29H28F3NO4. The molecule has 37 heavy (non-hydrogen) atoms. The number of hydrogen-bond acceptors (Lipinski definition) is 5. The van der Waals surface area contributed by atoms with Gasteiger partial charge in [-0.05, 0) is 60.2 Å². The van der Waals surface area contributed by atoms with Crippen LogP contribution in [0.3, 0.4) is 0 Å². The second-order valence-corrected chi connectivity index (χ2v) is 9.05. The molecule has 1 atom stereocenters. The summed E-state index contributed by atoms with van der Waals surface area (Å²) in [7, 11) is 0. The van der Waals surface area contributed by atoms with E-state index in [1.807, 2.05) is 6.07 Å². The number of likely N-dealkylation sites (tertiary alicyclic amines) is 1. The highest BCUT2D eigenvalue weighted by Crippen LogP contribution is 2.33. The summed E-state index contributed by atoms with van der Waals surface area (Å²) in [6.07, 6.45) is -3.00. The van der Waals surface area contributed by atoms with E-state index in [-0.39, 0.29) is 12.8 Å². The minimum Gasteiger partial charge on any atom is -0.489 e. The third kappa shape index (κ3) is 7.67. The van der Waals surface area contributed by atoms with Gasteiger partial charge in [0.25, 0.3) is 0 Å². The van der Waals surface area contributed by atoms with E-state index in [2.05, 4.69) is 58.2 Å². The molecule has 0 saturated carbocycles. The van der Waals surface area contributed by atoms with Gasteiger partial charge in [-0.25, -0.2) is 4.79 Å². The molecule has 5 nitrogen and oxygen atoms in total. The van der Waals surface area contributed by atoms with E-state index in [9.17, 15) is 22.8 Å². The maximum Gasteiger partial charge on any atom is 0.491 e. The molecule has 1 heterocycles. The first-order chi connectivity index (χ1) is 17.8. The lowest BCUT2D eigenvalue weighted by atomic mass is 10.0. The molecule has 1 aliphatic heterocycles. The number of carbonyl (C=O) groups excluding carboxylic acids is 2. The first kappa shape index (κ1) is 26.4. The molecule has 1 aliphatic rings. The SMILES string of the molecule is O=C(CCc1ccc(OCc2ccc(CN3CCCC3c3ccccc3)cc2)cc1)OC(=O)C(F)(F)F. The highest BCUT2D eigenvalue weighted by molar-refractivity contribution is 5.88. The van der Waals surface area contributed by atoms with Crippen molar-refractivity contribution >= 4 is 11.9 Å². The van der Waals surface area contributed by atoms with Gasteiger partial charge in [0, 0.05) is 12.6 Å². The second-order valence-electron chi connectivity index (χ2n) is 9.05. The molecule has 3 aromatic rings. The van der Waals surface area contributed by atoms with Crippen molar-refractivity contribution < 1.29 is 32.2 Å². The maximum absolute atomic E-state index is 12.1. The van der Waals surface area contributed by atoms with Crippen LogP contribution in [0.2, 0.25) is 0 Å². The van der Waals surface area contributed by atoms with Gasteiger partial charge in [-0.1, -0.05) is 66.7 Å². The van der Waals surface area contributed by atoms with Crippen molar-refractivity contribution in [2.75, 3.05) is 6.54 Å². The molecular weight excluding hydrogens is 483 g/mol. The van der Waals surface area contributed by atoms with Crippen molar-refractivity contribution in [3.63, 3.8) is 0 Å². The van der Waals surface area contributed by atoms with Gasteiger partial charge in [-0.3, -0.25) is 9.69 Å². The molecule has 3 aromatic carbocycles. The number of rotatable bonds is 9. The lowest BCUT2D eigenvalue weighted by Crippen LogP contribution is -2.28. The van der Waals surface area contributed by atoms with Gasteiger partial charge in [0.15, 0.2) is 0 Å². The summed E-state index contributed by atoms with van der Waals surface area (Å²) in [6, 6.07) is 26.4. The fourth-order valence-electron chi connectivity index (χ4n) is 4.42. The number of alkyl halides is 3. The minimum absolute atomic E-state index is 0.147. The normalized spacial score (nSPS) is 15.9. The average molecular weight is 512 g/mol. The predicted molar refractivity (Wildman–Crippen MR) is 132 cm³/mol. The Balaban J connectivity index is 1.22. The standard InChI is InChI=1S/C29H28F3NO4/c30-29(31,32)28(35)37-27(34)17-14-21-12-15-25(16-13-21)36-20-23-10-8-22(9-11-23)19-33-18-4-7-26(33)24-5-2-1-3-6-24/h1-3,5-6,8-13,15-16,26H,4,7,14,17-20H2. The van der Waals surface area contributed by atoms with Gasteiger partial charge in [0.2, 0.25) is 0 Å². The Morgan fingerprint density at radius 2 is 1.51 bits per heavy atom. The van der Waals surface area contributed by atoms with Crippen molar-refractivity contribution in [3.05, 3.63) is 101 Å². The van der Waals surface area contributed by atoms with E-state index in [1.165, 1.54) is 24.0 Å². The van der Waals surface area contributed by atoms with Crippen LogP contribution in [0, 0.1) is 0 Å². The zero-order valence-electron chi connectivity index (χ0n) is 20.2. The average Bonchev–Trinajstić information content (AvgIpc) is 3.36. The highest BCUT2D eigenvalue weighted by atomic mass is 19.4. The summed E-state index contributed by atoms with van der Waals surface area (Å²) in [6.45, 7) is 2.38. The van der Waals surface area contributed by atoms with Crippen molar-refractivity contribution in [2.45, 2.75) is 51.1 Å². The van der Waals surface area contributed by atoms with E-state index in [1.54, 1.807) is 24.3 Å². The van der Waals surface area contributed by atoms with Crippen LogP contribution >= 0.6 is 0 Å². The van der Waals surface area contributed by atoms with E-state index in [4.69, 9.17) is 4.74 Å². The molecule has 0 amide bonds. The number of esters is 2. The smallest absolute Gasteiger partial charge is 0.489 e. The van der Waals surface area contributed by atoms with E-state index < -0.39 is 18.1 Å². The quantitative estimate of drug-likeness (QED) is 0.254. The molecule has 1 fully saturated rings. The lowest BCUT2D eigenvalue weighted by molar-refractivity contribution is -0.201. The van der Waals surface area contributed by atoms with E-state index >= 15 is 0 Å². The van der Waals surface area contributed by atoms with Crippen molar-refractivity contribution in [1.29, 1.82) is 0 Å². The fourth-order valence-corrected chi connectivity index (χ4v) is 4.42. The summed E-state index contributed by atoms with van der Waals surface area (Å²) in [4.78, 5) is 24.7. The Morgan fingerprint density at radius 1 is 0.865 bits per heavy atom. The molecule has 0 N–H and O–H groups in total. The topological polar surface area (TPSA) is 55.8 Å². The van der Waals surface area contributed by atoms with Crippen LogP contribution in [-0.4, -0.2) is 29.6 Å². The third-order valence-corrected chi connectivity index (χ3v) is 6.34. The number of benzene rings is 3. The molecule has 0 aromatic heterocycles. The van der Waals surface area contributed by atoms with E-state index in [0.717, 1.165) is 18.7 Å². The molecule has 1 unspecified atom stereocenters. The largest absolute Gasteiger partial charge is 0.491 e. The third-order valence-electron chi connectivity index (χ3n) is 6.34. The summed E-state index contributed by atoms with van der Waals surface area (Å²) in [5.74, 6) is -3.08. The lowest BCUT2D eigenvalue weighted by Gasteiger charge is -2.25. The number of nitrogens with zero attached hydrogens (tertiary/aromatic N) is 1. The Hall–Kier alpha value is -3.65. The molecule has 0 radical (unpaired) electrons. The first-order valence-corrected chi connectivity index (χ1v) is 12.2. The Kier molecular flexibility index (Phi) is 8.61. The molecule has 4 rings (SSSR count). The van der Waals surface area contributed by atoms with Crippen LogP contribution in [0.4, 0.5) is 13.2 Å². The summed E-state index contributed by atoms with van der Waals surface area (Å²) in [5, 5.41) is 0. The van der Waals surface area contributed by atoms with E-state index in [0.29, 0.717) is 24.0 Å². The fraction of sp³-hybridized carbons (Fsp3) is 0.310. The van der Waals surface area contributed by atoms with Crippen LogP contribution in [-0.2, 0) is 33.9 Å². The zero-order chi connectivity index (χ0) is 26.3. The minimum atomic E-state index is -5.19. The Labute approximate surface area is 213 Å². The molecule has 1 saturated heterocycles. The number of aryl methyl sites for hydroxylation is 1. The molecule has 194 valence electrons. The molecule has 0 aliphatic carbocycles. The molecule has 0 spiro atoms. The summed E-state index contributed by atoms with van der Waals surface area (Å²) in [5.41, 5.74) is 4.37. The van der Waals surface area contributed by atoms with Crippen molar-refractivity contribution in [1.82, 2.24) is 4.90 Å². The number of hydrogen-bond donors (Lipinski definition) is 0. The van der Waals surface area contributed by atoms with Gasteiger partial charge < -0.3 is 9.47 Å². The van der Waals surface area contributed by atoms with Gasteiger partial charge in [0.1, 0.15) is 12.4 Å². The van der Waals surface area contributed by atoms with Crippen LogP contribution in [0.25, 0.3) is 0 Å². The van der Waals surface area contributed by atoms with Gasteiger partial charge >= 0.3 is 18.1 Å². The summed E-state index contributed by atoms with van der Waals surface area (Å²) < 4.78 is 46.1. The first-order valence-electron chi connectivity index (χ1n) is 12.2. The highest BCUT2D eigenvalue weighted by Gasteiger charge is 2.42. The van der Waals surface area contributed by atoms with Crippen molar-refractivity contribution in [2.24, 2.45) is 0 Å². The second kappa shape index (κ2) is 12.1. The Bertz CT molecular complexity index is 1180. The molecule has 0 bridgehead atoms. The molecule has 8 heteroatoms. The van der Waals surface area contributed by atoms with Crippen LogP contribution in [0.1, 0.15) is 47.6 Å². The van der Waals surface area contributed by atoms with Crippen molar-refractivity contribution in [3.8, 4) is 5.75 Å². The Morgan fingerprint density at radius 3 is 2.19 bits per heavy atom. The van der Waals surface area contributed by atoms with Gasteiger partial charge in [0.05, 0.1) is 6.42 Å². The van der Waals surface area contributed by atoms with Gasteiger partial charge in [-0.2, -0.15) is 13.2 Å².